The minimum atomic E-state index is -0.679. The highest BCUT2D eigenvalue weighted by atomic mass is 35.5. The number of ether oxygens (including phenoxy) is 2. The number of carbonyl (C=O) groups excluding carboxylic acids is 2. The van der Waals surface area contributed by atoms with Gasteiger partial charge < -0.3 is 14.8 Å². The molecule has 2 aromatic carbocycles. The van der Waals surface area contributed by atoms with Crippen molar-refractivity contribution in [2.75, 3.05) is 14.2 Å². The Hall–Kier alpha value is -2.86. The van der Waals surface area contributed by atoms with Gasteiger partial charge in [-0.15, -0.1) is 0 Å². The van der Waals surface area contributed by atoms with Gasteiger partial charge in [-0.3, -0.25) is 9.59 Å². The van der Waals surface area contributed by atoms with Crippen molar-refractivity contribution in [2.24, 2.45) is 0 Å². The molecular weight excluding hydrogens is 409 g/mol. The number of benzene rings is 2. The fraction of sp³-hybridized carbons (Fsp3) is 0.304. The highest BCUT2D eigenvalue weighted by Gasteiger charge is 2.40. The molecule has 0 bridgehead atoms. The Kier molecular flexibility index (Phi) is 5.52. The normalized spacial score (nSPS) is 21.2. The zero-order valence-electron chi connectivity index (χ0n) is 16.6. The maximum Gasteiger partial charge on any atom is 0.225 e. The minimum absolute atomic E-state index is 0.00769. The van der Waals surface area contributed by atoms with Crippen molar-refractivity contribution < 1.29 is 23.5 Å². The van der Waals surface area contributed by atoms with Crippen LogP contribution in [0.4, 0.5) is 4.39 Å². The van der Waals surface area contributed by atoms with Crippen molar-refractivity contribution in [1.29, 1.82) is 0 Å². The van der Waals surface area contributed by atoms with Crippen LogP contribution in [0.3, 0.4) is 0 Å². The van der Waals surface area contributed by atoms with E-state index < -0.39 is 11.7 Å². The lowest BCUT2D eigenvalue weighted by molar-refractivity contribution is -0.122. The molecule has 7 heteroatoms. The number of amides is 1. The van der Waals surface area contributed by atoms with E-state index >= 15 is 0 Å². The second-order valence-corrected chi connectivity index (χ2v) is 7.88. The van der Waals surface area contributed by atoms with Crippen molar-refractivity contribution >= 4 is 23.3 Å². The van der Waals surface area contributed by atoms with Gasteiger partial charge in [-0.1, -0.05) is 23.7 Å². The molecule has 30 heavy (non-hydrogen) atoms. The van der Waals surface area contributed by atoms with Crippen molar-refractivity contribution in [3.63, 3.8) is 0 Å². The Balaban J connectivity index is 1.73. The third-order valence-corrected chi connectivity index (χ3v) is 6.09. The monoisotopic (exact) mass is 429 g/mol. The van der Waals surface area contributed by atoms with Gasteiger partial charge in [0.2, 0.25) is 5.91 Å². The summed E-state index contributed by atoms with van der Waals surface area (Å²) in [5.74, 6) is -0.509. The predicted molar refractivity (Wildman–Crippen MR) is 110 cm³/mol. The molecule has 1 amide bonds. The molecule has 0 spiro atoms. The Bertz CT molecular complexity index is 1040. The van der Waals surface area contributed by atoms with E-state index in [0.29, 0.717) is 29.2 Å². The first-order chi connectivity index (χ1) is 14.4. The molecule has 0 saturated carbocycles. The van der Waals surface area contributed by atoms with Crippen LogP contribution < -0.4 is 14.8 Å². The molecule has 2 atom stereocenters. The first-order valence-electron chi connectivity index (χ1n) is 9.64. The molecular formula is C23H21ClFNO4. The molecule has 4 rings (SSSR count). The summed E-state index contributed by atoms with van der Waals surface area (Å²) in [6.07, 6.45) is 0.712. The van der Waals surface area contributed by atoms with Crippen molar-refractivity contribution in [1.82, 2.24) is 5.32 Å². The van der Waals surface area contributed by atoms with Crippen LogP contribution in [0.25, 0.3) is 0 Å². The summed E-state index contributed by atoms with van der Waals surface area (Å²) in [6.45, 7) is 0. The number of rotatable bonds is 4. The zero-order valence-corrected chi connectivity index (χ0v) is 17.4. The van der Waals surface area contributed by atoms with Crippen LogP contribution in [0, 0.1) is 5.82 Å². The van der Waals surface area contributed by atoms with Gasteiger partial charge in [0.15, 0.2) is 17.3 Å². The number of methoxy groups -OCH3 is 2. The number of nitrogens with one attached hydrogen (secondary N) is 1. The van der Waals surface area contributed by atoms with E-state index in [2.05, 4.69) is 5.32 Å². The summed E-state index contributed by atoms with van der Waals surface area (Å²) in [5, 5.41) is 3.06. The van der Waals surface area contributed by atoms with Crippen molar-refractivity contribution in [3.8, 4) is 11.5 Å². The van der Waals surface area contributed by atoms with E-state index in [0.717, 1.165) is 5.56 Å². The maximum atomic E-state index is 14.6. The predicted octanol–water partition coefficient (Wildman–Crippen LogP) is 4.50. The quantitative estimate of drug-likeness (QED) is 0.777. The molecule has 0 radical (unpaired) electrons. The van der Waals surface area contributed by atoms with E-state index in [1.165, 1.54) is 12.1 Å². The summed E-state index contributed by atoms with van der Waals surface area (Å²) in [6, 6.07) is 9.91. The summed E-state index contributed by atoms with van der Waals surface area (Å²) in [7, 11) is 3.11. The zero-order chi connectivity index (χ0) is 21.4. The van der Waals surface area contributed by atoms with Crippen molar-refractivity contribution in [2.45, 2.75) is 31.1 Å². The lowest BCUT2D eigenvalue weighted by atomic mass is 9.73. The molecule has 0 aromatic heterocycles. The van der Waals surface area contributed by atoms with Gasteiger partial charge in [-0.25, -0.2) is 4.39 Å². The lowest BCUT2D eigenvalue weighted by Gasteiger charge is -2.35. The number of hydrogen-bond donors (Lipinski definition) is 1. The third kappa shape index (κ3) is 3.56. The topological polar surface area (TPSA) is 64.6 Å². The van der Waals surface area contributed by atoms with Gasteiger partial charge in [0.1, 0.15) is 5.82 Å². The molecule has 1 N–H and O–H groups in total. The number of halogens is 2. The van der Waals surface area contributed by atoms with E-state index in [1.54, 1.807) is 26.4 Å². The SMILES string of the molecule is COc1ccc([C@H]2CC(=O)C3=C(C2)NC(=O)C[C@@H]3c2c(F)cccc2Cl)cc1OC. The second kappa shape index (κ2) is 8.11. The number of carbonyl (C=O) groups is 2. The summed E-state index contributed by atoms with van der Waals surface area (Å²) >= 11 is 6.24. The van der Waals surface area contributed by atoms with Crippen LogP contribution in [0.5, 0.6) is 11.5 Å². The Labute approximate surface area is 178 Å². The molecule has 0 fully saturated rings. The molecule has 1 aliphatic carbocycles. The number of hydrogen-bond acceptors (Lipinski definition) is 4. The van der Waals surface area contributed by atoms with Crippen molar-refractivity contribution in [3.05, 3.63) is 69.6 Å². The minimum Gasteiger partial charge on any atom is -0.493 e. The molecule has 1 aliphatic heterocycles. The lowest BCUT2D eigenvalue weighted by Crippen LogP contribution is -2.38. The van der Waals surface area contributed by atoms with Gasteiger partial charge in [-0.05, 0) is 42.2 Å². The Morgan fingerprint density at radius 2 is 1.80 bits per heavy atom. The largest absolute Gasteiger partial charge is 0.493 e. The third-order valence-electron chi connectivity index (χ3n) is 5.76. The van der Waals surface area contributed by atoms with Gasteiger partial charge in [-0.2, -0.15) is 0 Å². The molecule has 0 saturated heterocycles. The number of Topliss-reactive ketones (excluding diaryl/α,β-unsaturated/α-hetero) is 1. The Morgan fingerprint density at radius 3 is 2.50 bits per heavy atom. The molecule has 156 valence electrons. The van der Waals surface area contributed by atoms with Gasteiger partial charge in [0, 0.05) is 40.6 Å². The summed E-state index contributed by atoms with van der Waals surface area (Å²) in [4.78, 5) is 25.6. The highest BCUT2D eigenvalue weighted by Crippen LogP contribution is 2.45. The smallest absolute Gasteiger partial charge is 0.225 e. The van der Waals surface area contributed by atoms with Gasteiger partial charge in [0.25, 0.3) is 0 Å². The number of ketones is 1. The van der Waals surface area contributed by atoms with E-state index in [9.17, 15) is 14.0 Å². The van der Waals surface area contributed by atoms with E-state index in [-0.39, 0.29) is 41.0 Å². The summed E-state index contributed by atoms with van der Waals surface area (Å²) < 4.78 is 25.2. The fourth-order valence-corrected chi connectivity index (χ4v) is 4.69. The highest BCUT2D eigenvalue weighted by molar-refractivity contribution is 6.31. The van der Waals surface area contributed by atoms with Crippen LogP contribution in [0.1, 0.15) is 42.2 Å². The number of allylic oxidation sites excluding steroid dienone is 2. The average Bonchev–Trinajstić information content (AvgIpc) is 2.72. The molecule has 1 heterocycles. The van der Waals surface area contributed by atoms with Crippen LogP contribution in [-0.2, 0) is 9.59 Å². The van der Waals surface area contributed by atoms with Gasteiger partial charge in [0.05, 0.1) is 14.2 Å². The Morgan fingerprint density at radius 1 is 1.03 bits per heavy atom. The van der Waals surface area contributed by atoms with Gasteiger partial charge >= 0.3 is 0 Å². The molecule has 2 aliphatic rings. The summed E-state index contributed by atoms with van der Waals surface area (Å²) in [5.41, 5.74) is 2.12. The fourth-order valence-electron chi connectivity index (χ4n) is 4.39. The standard InChI is InChI=1S/C23H21ClFNO4/c1-29-19-7-6-12(10-20(19)30-2)13-8-17-23(18(27)9-13)14(11-21(28)26-17)22-15(24)4-3-5-16(22)25/h3-7,10,13-14H,8-9,11H2,1-2H3,(H,26,28)/t13-,14-/m1/s1. The molecule has 2 aromatic rings. The van der Waals surface area contributed by atoms with Crippen LogP contribution in [0.15, 0.2) is 47.7 Å². The van der Waals surface area contributed by atoms with E-state index in [1.807, 2.05) is 12.1 Å². The first-order valence-corrected chi connectivity index (χ1v) is 10.0. The van der Waals surface area contributed by atoms with Crippen LogP contribution in [0.2, 0.25) is 5.02 Å². The molecule has 0 unspecified atom stereocenters. The average molecular weight is 430 g/mol. The van der Waals surface area contributed by atoms with Crippen LogP contribution >= 0.6 is 11.6 Å². The van der Waals surface area contributed by atoms with E-state index in [4.69, 9.17) is 21.1 Å². The van der Waals surface area contributed by atoms with Crippen LogP contribution in [-0.4, -0.2) is 25.9 Å². The second-order valence-electron chi connectivity index (χ2n) is 7.48. The first kappa shape index (κ1) is 20.4. The molecule has 5 nitrogen and oxygen atoms in total. The maximum absolute atomic E-state index is 14.6.